The van der Waals surface area contributed by atoms with Gasteiger partial charge >= 0.3 is 0 Å². The number of imidazole rings is 1. The molecule has 14 heteroatoms. The van der Waals surface area contributed by atoms with Crippen LogP contribution < -0.4 is 15.8 Å². The molecule has 1 aliphatic rings. The first-order valence-corrected chi connectivity index (χ1v) is 14.0. The minimum Gasteiger partial charge on any atom is -0.368 e. The summed E-state index contributed by atoms with van der Waals surface area (Å²) >= 11 is 1.43. The van der Waals surface area contributed by atoms with Gasteiger partial charge in [-0.05, 0) is 36.4 Å². The molecule has 3 aromatic rings. The molecule has 198 valence electrons. The minimum absolute atomic E-state index is 0.0124. The Morgan fingerprint density at radius 2 is 2.03 bits per heavy atom. The number of aryl methyl sites for hydroxylation is 2. The summed E-state index contributed by atoms with van der Waals surface area (Å²) in [7, 11) is -0.560. The van der Waals surface area contributed by atoms with E-state index in [4.69, 9.17) is 5.73 Å². The molecular formula is C23H29N7O5S2. The summed E-state index contributed by atoms with van der Waals surface area (Å²) in [6.07, 6.45) is 5.00. The van der Waals surface area contributed by atoms with Crippen LogP contribution in [0.15, 0.2) is 53.4 Å². The number of piperidine rings is 1. The largest absolute Gasteiger partial charge is 0.368 e. The Morgan fingerprint density at radius 3 is 2.62 bits per heavy atom. The molecule has 1 aliphatic heterocycles. The molecule has 37 heavy (non-hydrogen) atoms. The highest BCUT2D eigenvalue weighted by Gasteiger charge is 2.39. The molecule has 0 aromatic carbocycles. The number of nitrogens with one attached hydrogen (secondary N) is 2. The number of hydrogen-bond donors (Lipinski definition) is 3. The zero-order valence-electron chi connectivity index (χ0n) is 20.4. The van der Waals surface area contributed by atoms with Crippen LogP contribution in [0.5, 0.6) is 0 Å². The predicted octanol–water partition coefficient (Wildman–Crippen LogP) is -0.0154. The van der Waals surface area contributed by atoms with Gasteiger partial charge in [0.1, 0.15) is 17.8 Å². The molecule has 4 rings (SSSR count). The van der Waals surface area contributed by atoms with Crippen molar-refractivity contribution in [3.63, 3.8) is 0 Å². The molecule has 3 amide bonds. The maximum Gasteiger partial charge on any atom is 0.271 e. The van der Waals surface area contributed by atoms with Crippen molar-refractivity contribution in [2.45, 2.75) is 42.4 Å². The highest BCUT2D eigenvalue weighted by molar-refractivity contribution is 7.89. The summed E-state index contributed by atoms with van der Waals surface area (Å²) in [5, 5.41) is 4.41. The van der Waals surface area contributed by atoms with Crippen LogP contribution in [0.3, 0.4) is 0 Å². The summed E-state index contributed by atoms with van der Waals surface area (Å²) in [6.45, 7) is 0.129. The lowest BCUT2D eigenvalue weighted by Crippen LogP contribution is -2.59. The van der Waals surface area contributed by atoms with Gasteiger partial charge in [0.05, 0.1) is 6.33 Å². The summed E-state index contributed by atoms with van der Waals surface area (Å²) in [6, 6.07) is 4.39. The Labute approximate surface area is 218 Å². The molecule has 4 heterocycles. The number of hydrogen-bond acceptors (Lipinski definition) is 7. The number of rotatable bonds is 9. The van der Waals surface area contributed by atoms with Crippen LogP contribution in [0, 0.1) is 0 Å². The fourth-order valence-corrected chi connectivity index (χ4v) is 6.34. The molecule has 4 N–H and O–H groups in total. The molecule has 0 bridgehead atoms. The van der Waals surface area contributed by atoms with Gasteiger partial charge in [-0.25, -0.2) is 18.1 Å². The lowest BCUT2D eigenvalue weighted by atomic mass is 9.96. The van der Waals surface area contributed by atoms with Gasteiger partial charge in [0.25, 0.3) is 15.9 Å². The summed E-state index contributed by atoms with van der Waals surface area (Å²) in [5.41, 5.74) is 5.95. The average Bonchev–Trinajstić information content (AvgIpc) is 3.60. The van der Waals surface area contributed by atoms with Crippen molar-refractivity contribution >= 4 is 39.1 Å². The molecule has 1 saturated heterocycles. The van der Waals surface area contributed by atoms with Crippen LogP contribution in [-0.2, 0) is 40.1 Å². The van der Waals surface area contributed by atoms with E-state index in [0.29, 0.717) is 12.1 Å². The summed E-state index contributed by atoms with van der Waals surface area (Å²) in [5.74, 6) is -1.65. The average molecular weight is 548 g/mol. The normalized spacial score (nSPS) is 18.9. The number of thiophene rings is 1. The lowest BCUT2D eigenvalue weighted by molar-refractivity contribution is -0.131. The third-order valence-corrected chi connectivity index (χ3v) is 8.56. The van der Waals surface area contributed by atoms with Crippen LogP contribution in [0.1, 0.15) is 28.2 Å². The second-order valence-electron chi connectivity index (χ2n) is 8.99. The minimum atomic E-state index is -3.94. The van der Waals surface area contributed by atoms with Crippen LogP contribution in [0.4, 0.5) is 0 Å². The molecule has 0 saturated carbocycles. The van der Waals surface area contributed by atoms with E-state index in [-0.39, 0.29) is 30.3 Å². The molecular weight excluding hydrogens is 518 g/mol. The van der Waals surface area contributed by atoms with E-state index in [1.54, 1.807) is 37.0 Å². The number of aromatic nitrogens is 3. The van der Waals surface area contributed by atoms with E-state index in [1.807, 2.05) is 17.5 Å². The third-order valence-electron chi connectivity index (χ3n) is 6.25. The number of nitrogens with zero attached hydrogens (tertiary/aromatic N) is 4. The third kappa shape index (κ3) is 6.09. The van der Waals surface area contributed by atoms with Crippen LogP contribution in [0.2, 0.25) is 0 Å². The van der Waals surface area contributed by atoms with E-state index in [9.17, 15) is 22.8 Å². The van der Waals surface area contributed by atoms with Crippen molar-refractivity contribution in [2.24, 2.45) is 19.8 Å². The number of nitrogens with two attached hydrogens (primary N) is 1. The Morgan fingerprint density at radius 1 is 1.24 bits per heavy atom. The number of likely N-dealkylation sites (tertiary alicyclic amines) is 1. The van der Waals surface area contributed by atoms with E-state index >= 15 is 0 Å². The standard InChI is InChI=1S/C23H29N7O5S2/c1-28-13-20(25-14-28)37(34,35)27-15-7-9-30(23(33)18-6-3-8-29(18)2)19(11-15)22(32)26-17(21(24)31)12-16-5-4-10-36-16/h3-6,8,10,13-15,17,19,27H,7,9,11-12H2,1-2H3,(H2,24,31)(H,26,32). The van der Waals surface area contributed by atoms with Crippen molar-refractivity contribution in [2.75, 3.05) is 6.54 Å². The van der Waals surface area contributed by atoms with Gasteiger partial charge in [0.15, 0.2) is 5.03 Å². The van der Waals surface area contributed by atoms with Crippen LogP contribution in [-0.4, -0.2) is 69.8 Å². The Balaban J connectivity index is 1.56. The number of primary amides is 1. The second kappa shape index (κ2) is 10.9. The van der Waals surface area contributed by atoms with Crippen molar-refractivity contribution in [3.8, 4) is 0 Å². The Kier molecular flexibility index (Phi) is 7.80. The number of amides is 3. The Hall–Kier alpha value is -3.49. The first-order chi connectivity index (χ1) is 17.5. The van der Waals surface area contributed by atoms with Gasteiger partial charge in [-0.15, -0.1) is 11.3 Å². The zero-order chi connectivity index (χ0) is 26.7. The van der Waals surface area contributed by atoms with Crippen molar-refractivity contribution in [1.82, 2.24) is 29.1 Å². The second-order valence-corrected chi connectivity index (χ2v) is 11.7. The fourth-order valence-electron chi connectivity index (χ4n) is 4.32. The SMILES string of the molecule is Cn1cnc(S(=O)(=O)NC2CCN(C(=O)c3cccn3C)C(C(=O)NC(Cc3cccs3)C(N)=O)C2)c1. The van der Waals surface area contributed by atoms with E-state index in [1.165, 1.54) is 33.3 Å². The van der Waals surface area contributed by atoms with Crippen molar-refractivity contribution < 1.29 is 22.8 Å². The number of sulfonamides is 1. The van der Waals surface area contributed by atoms with E-state index < -0.39 is 40.0 Å². The van der Waals surface area contributed by atoms with Gasteiger partial charge in [0, 0.05) is 50.4 Å². The number of carbonyl (C=O) groups excluding carboxylic acids is 3. The van der Waals surface area contributed by atoms with E-state index in [0.717, 1.165) is 4.88 Å². The monoisotopic (exact) mass is 547 g/mol. The highest BCUT2D eigenvalue weighted by atomic mass is 32.2. The summed E-state index contributed by atoms with van der Waals surface area (Å²) < 4.78 is 31.5. The first kappa shape index (κ1) is 26.6. The fraction of sp³-hybridized carbons (Fsp3) is 0.391. The maximum atomic E-state index is 13.5. The van der Waals surface area contributed by atoms with Crippen molar-refractivity contribution in [3.05, 3.63) is 58.9 Å². The highest BCUT2D eigenvalue weighted by Crippen LogP contribution is 2.23. The molecule has 3 aromatic heterocycles. The maximum absolute atomic E-state index is 13.5. The van der Waals surface area contributed by atoms with Gasteiger partial charge in [-0.2, -0.15) is 0 Å². The van der Waals surface area contributed by atoms with Gasteiger partial charge in [-0.1, -0.05) is 6.07 Å². The molecule has 0 radical (unpaired) electrons. The van der Waals surface area contributed by atoms with Gasteiger partial charge < -0.3 is 25.1 Å². The Bertz CT molecular complexity index is 1380. The van der Waals surface area contributed by atoms with Crippen LogP contribution in [0.25, 0.3) is 0 Å². The van der Waals surface area contributed by atoms with Gasteiger partial charge in [-0.3, -0.25) is 14.4 Å². The predicted molar refractivity (Wildman–Crippen MR) is 136 cm³/mol. The molecule has 1 fully saturated rings. The molecule has 12 nitrogen and oxygen atoms in total. The van der Waals surface area contributed by atoms with Crippen molar-refractivity contribution in [1.29, 1.82) is 0 Å². The first-order valence-electron chi connectivity index (χ1n) is 11.6. The van der Waals surface area contributed by atoms with Crippen LogP contribution >= 0.6 is 11.3 Å². The summed E-state index contributed by atoms with van der Waals surface area (Å²) in [4.78, 5) is 45.2. The van der Waals surface area contributed by atoms with E-state index in [2.05, 4.69) is 15.0 Å². The topological polar surface area (TPSA) is 161 Å². The quantitative estimate of drug-likeness (QED) is 0.341. The zero-order valence-corrected chi connectivity index (χ0v) is 22.0. The molecule has 0 spiro atoms. The smallest absolute Gasteiger partial charge is 0.271 e. The molecule has 3 unspecified atom stereocenters. The molecule has 0 aliphatic carbocycles. The van der Waals surface area contributed by atoms with Gasteiger partial charge in [0.2, 0.25) is 11.8 Å². The lowest BCUT2D eigenvalue weighted by Gasteiger charge is -2.39. The number of carbonyl (C=O) groups is 3. The molecule has 3 atom stereocenters.